The molecule has 0 spiro atoms. The van der Waals surface area contributed by atoms with Crippen LogP contribution in [0.2, 0.25) is 0 Å². The quantitative estimate of drug-likeness (QED) is 0.824. The van der Waals surface area contributed by atoms with Crippen LogP contribution < -0.4 is 5.32 Å². The minimum Gasteiger partial charge on any atom is -0.468 e. The van der Waals surface area contributed by atoms with Gasteiger partial charge in [-0.05, 0) is 37.4 Å². The van der Waals surface area contributed by atoms with Crippen LogP contribution in [0, 0.1) is 0 Å². The van der Waals surface area contributed by atoms with E-state index >= 15 is 0 Å². The van der Waals surface area contributed by atoms with Gasteiger partial charge in [0, 0.05) is 0 Å². The highest BCUT2D eigenvalue weighted by Crippen LogP contribution is 2.32. The Balaban J connectivity index is 1.99. The molecule has 19 heavy (non-hydrogen) atoms. The monoisotopic (exact) mass is 263 g/mol. The summed E-state index contributed by atoms with van der Waals surface area (Å²) in [5.74, 6) is -0.286. The van der Waals surface area contributed by atoms with Gasteiger partial charge < -0.3 is 14.8 Å². The van der Waals surface area contributed by atoms with E-state index in [9.17, 15) is 4.79 Å². The highest BCUT2D eigenvalue weighted by Gasteiger charge is 2.23. The molecule has 2 rings (SSSR count). The first-order valence-electron chi connectivity index (χ1n) is 6.70. The smallest absolute Gasteiger partial charge is 0.325 e. The summed E-state index contributed by atoms with van der Waals surface area (Å²) in [6.45, 7) is 0.335. The number of ether oxygens (including phenoxy) is 2. The lowest BCUT2D eigenvalue weighted by Crippen LogP contribution is -2.39. The summed E-state index contributed by atoms with van der Waals surface area (Å²) in [6.07, 6.45) is 3.34. The Kier molecular flexibility index (Phi) is 4.93. The van der Waals surface area contributed by atoms with Crippen molar-refractivity contribution in [2.75, 3.05) is 20.8 Å². The molecule has 0 saturated carbocycles. The first kappa shape index (κ1) is 14.0. The molecule has 4 nitrogen and oxygen atoms in total. The van der Waals surface area contributed by atoms with E-state index in [1.807, 2.05) is 6.07 Å². The summed E-state index contributed by atoms with van der Waals surface area (Å²) in [6, 6.07) is 7.97. The molecule has 1 aromatic carbocycles. The maximum absolute atomic E-state index is 11.5. The van der Waals surface area contributed by atoms with Gasteiger partial charge in [-0.15, -0.1) is 0 Å². The zero-order chi connectivity index (χ0) is 13.7. The number of hydrogen-bond acceptors (Lipinski definition) is 4. The number of nitrogens with one attached hydrogen (secondary N) is 1. The molecule has 1 aromatic rings. The topological polar surface area (TPSA) is 47.6 Å². The van der Waals surface area contributed by atoms with Gasteiger partial charge in [0.15, 0.2) is 0 Å². The Morgan fingerprint density at radius 3 is 3.00 bits per heavy atom. The van der Waals surface area contributed by atoms with Gasteiger partial charge in [-0.1, -0.05) is 24.3 Å². The van der Waals surface area contributed by atoms with Gasteiger partial charge in [0.1, 0.15) is 6.04 Å². The van der Waals surface area contributed by atoms with Crippen LogP contribution in [0.15, 0.2) is 24.3 Å². The first-order valence-corrected chi connectivity index (χ1v) is 6.70. The number of esters is 1. The third-order valence-corrected chi connectivity index (χ3v) is 3.61. The average molecular weight is 263 g/mol. The van der Waals surface area contributed by atoms with Crippen LogP contribution in [0.5, 0.6) is 0 Å². The van der Waals surface area contributed by atoms with E-state index in [1.165, 1.54) is 18.2 Å². The Bertz CT molecular complexity index is 433. The fourth-order valence-electron chi connectivity index (χ4n) is 2.51. The van der Waals surface area contributed by atoms with Crippen molar-refractivity contribution in [3.05, 3.63) is 35.4 Å². The van der Waals surface area contributed by atoms with Crippen molar-refractivity contribution in [1.29, 1.82) is 0 Å². The summed E-state index contributed by atoms with van der Waals surface area (Å²) >= 11 is 0. The minimum absolute atomic E-state index is 0.0884. The maximum atomic E-state index is 11.5. The van der Waals surface area contributed by atoms with E-state index in [0.29, 0.717) is 6.61 Å². The number of fused-ring (bicyclic) bond motifs is 1. The van der Waals surface area contributed by atoms with E-state index in [0.717, 1.165) is 19.3 Å². The zero-order valence-corrected chi connectivity index (χ0v) is 11.5. The van der Waals surface area contributed by atoms with Crippen LogP contribution in [0.4, 0.5) is 0 Å². The van der Waals surface area contributed by atoms with Crippen LogP contribution in [-0.2, 0) is 20.7 Å². The summed E-state index contributed by atoms with van der Waals surface area (Å²) in [4.78, 5) is 11.5. The fourth-order valence-corrected chi connectivity index (χ4v) is 2.51. The number of carbonyl (C=O) groups excluding carboxylic acids is 1. The molecule has 1 aliphatic carbocycles. The van der Waals surface area contributed by atoms with Crippen molar-refractivity contribution in [2.45, 2.75) is 31.4 Å². The van der Waals surface area contributed by atoms with Crippen molar-refractivity contribution in [3.63, 3.8) is 0 Å². The van der Waals surface area contributed by atoms with Crippen LogP contribution in [0.1, 0.15) is 30.1 Å². The lowest BCUT2D eigenvalue weighted by Gasteiger charge is -2.27. The predicted octanol–water partition coefficient (Wildman–Crippen LogP) is 1.84. The number of likely N-dealkylation sites (N-methyl/N-ethyl adjacent to an activating group) is 1. The van der Waals surface area contributed by atoms with Crippen LogP contribution in [0.3, 0.4) is 0 Å². The van der Waals surface area contributed by atoms with E-state index in [1.54, 1.807) is 7.05 Å². The molecule has 0 bridgehead atoms. The number of carbonyl (C=O) groups is 1. The Hall–Kier alpha value is -1.39. The molecular weight excluding hydrogens is 242 g/mol. The van der Waals surface area contributed by atoms with Crippen LogP contribution >= 0.6 is 0 Å². The van der Waals surface area contributed by atoms with Gasteiger partial charge in [0.05, 0.1) is 19.8 Å². The molecule has 104 valence electrons. The number of methoxy groups -OCH3 is 1. The van der Waals surface area contributed by atoms with Gasteiger partial charge in [-0.3, -0.25) is 4.79 Å². The van der Waals surface area contributed by atoms with E-state index in [-0.39, 0.29) is 12.1 Å². The molecule has 4 heteroatoms. The average Bonchev–Trinajstić information content (AvgIpc) is 2.47. The lowest BCUT2D eigenvalue weighted by molar-refractivity contribution is -0.145. The van der Waals surface area contributed by atoms with E-state index < -0.39 is 6.04 Å². The molecule has 0 heterocycles. The van der Waals surface area contributed by atoms with Gasteiger partial charge in [-0.25, -0.2) is 0 Å². The second-order valence-electron chi connectivity index (χ2n) is 4.78. The number of rotatable bonds is 5. The highest BCUT2D eigenvalue weighted by atomic mass is 16.5. The summed E-state index contributed by atoms with van der Waals surface area (Å²) < 4.78 is 10.7. The largest absolute Gasteiger partial charge is 0.468 e. The van der Waals surface area contributed by atoms with Crippen molar-refractivity contribution in [3.8, 4) is 0 Å². The summed E-state index contributed by atoms with van der Waals surface area (Å²) in [5, 5.41) is 2.92. The van der Waals surface area contributed by atoms with Crippen LogP contribution in [0.25, 0.3) is 0 Å². The SMILES string of the molecule is CNC(COC1CCCc2ccccc21)C(=O)OC. The molecule has 0 radical (unpaired) electrons. The molecule has 0 amide bonds. The number of hydrogen-bond donors (Lipinski definition) is 1. The molecule has 2 atom stereocenters. The van der Waals surface area contributed by atoms with Crippen molar-refractivity contribution >= 4 is 5.97 Å². The predicted molar refractivity (Wildman–Crippen MR) is 72.9 cm³/mol. The number of benzene rings is 1. The molecule has 2 unspecified atom stereocenters. The lowest BCUT2D eigenvalue weighted by atomic mass is 9.89. The van der Waals surface area contributed by atoms with Crippen LogP contribution in [-0.4, -0.2) is 32.8 Å². The van der Waals surface area contributed by atoms with E-state index in [2.05, 4.69) is 23.5 Å². The molecule has 0 saturated heterocycles. The van der Waals surface area contributed by atoms with Crippen molar-refractivity contribution < 1.29 is 14.3 Å². The Morgan fingerprint density at radius 2 is 2.26 bits per heavy atom. The Morgan fingerprint density at radius 1 is 1.47 bits per heavy atom. The summed E-state index contributed by atoms with van der Waals surface area (Å²) in [5.41, 5.74) is 2.62. The highest BCUT2D eigenvalue weighted by molar-refractivity contribution is 5.75. The minimum atomic E-state index is -0.404. The number of aryl methyl sites for hydroxylation is 1. The second-order valence-corrected chi connectivity index (χ2v) is 4.78. The summed E-state index contributed by atoms with van der Waals surface area (Å²) in [7, 11) is 3.13. The third-order valence-electron chi connectivity index (χ3n) is 3.61. The second kappa shape index (κ2) is 6.68. The molecule has 0 fully saturated rings. The van der Waals surface area contributed by atoms with E-state index in [4.69, 9.17) is 9.47 Å². The third kappa shape index (κ3) is 3.33. The first-order chi connectivity index (χ1) is 9.26. The molecular formula is C15H21NO3. The van der Waals surface area contributed by atoms with Crippen molar-refractivity contribution in [2.24, 2.45) is 0 Å². The van der Waals surface area contributed by atoms with Gasteiger partial charge in [0.25, 0.3) is 0 Å². The standard InChI is InChI=1S/C15H21NO3/c1-16-13(15(17)18-2)10-19-14-9-5-7-11-6-3-4-8-12(11)14/h3-4,6,8,13-14,16H,5,7,9-10H2,1-2H3. The van der Waals surface area contributed by atoms with Gasteiger partial charge in [-0.2, -0.15) is 0 Å². The zero-order valence-electron chi connectivity index (χ0n) is 11.5. The maximum Gasteiger partial charge on any atom is 0.325 e. The van der Waals surface area contributed by atoms with Gasteiger partial charge >= 0.3 is 5.97 Å². The van der Waals surface area contributed by atoms with Gasteiger partial charge in [0.2, 0.25) is 0 Å². The normalized spacial score (nSPS) is 19.6. The molecule has 0 aliphatic heterocycles. The molecule has 1 aliphatic rings. The Labute approximate surface area is 114 Å². The van der Waals surface area contributed by atoms with Crippen molar-refractivity contribution in [1.82, 2.24) is 5.32 Å². The fraction of sp³-hybridized carbons (Fsp3) is 0.533. The molecule has 1 N–H and O–H groups in total. The molecule has 0 aromatic heterocycles.